The summed E-state index contributed by atoms with van der Waals surface area (Å²) in [6.07, 6.45) is 3.11. The van der Waals surface area contributed by atoms with Gasteiger partial charge in [0, 0.05) is 22.6 Å². The van der Waals surface area contributed by atoms with Crippen LogP contribution in [0.4, 0.5) is 0 Å². The third-order valence-corrected chi connectivity index (χ3v) is 5.40. The molecule has 0 saturated carbocycles. The highest BCUT2D eigenvalue weighted by atomic mass is 33.1. The maximum atomic E-state index is 10.7. The third-order valence-electron chi connectivity index (χ3n) is 2.95. The van der Waals surface area contributed by atoms with E-state index in [0.717, 1.165) is 31.6 Å². The van der Waals surface area contributed by atoms with E-state index in [9.17, 15) is 8.42 Å². The molecule has 1 atom stereocenters. The molecule has 7 heteroatoms. The third kappa shape index (κ3) is 8.98. The summed E-state index contributed by atoms with van der Waals surface area (Å²) in [4.78, 5) is 0. The number of ether oxygens (including phenoxy) is 1. The van der Waals surface area contributed by atoms with Crippen molar-refractivity contribution in [1.29, 1.82) is 0 Å². The van der Waals surface area contributed by atoms with Crippen molar-refractivity contribution in [3.8, 4) is 5.75 Å². The van der Waals surface area contributed by atoms with Gasteiger partial charge < -0.3 is 10.1 Å². The number of benzene rings is 1. The molecule has 1 rings (SSSR count). The molecule has 0 bridgehead atoms. The van der Waals surface area contributed by atoms with Gasteiger partial charge in [-0.2, -0.15) is 8.42 Å². The molecule has 0 radical (unpaired) electrons. The Morgan fingerprint density at radius 1 is 1.29 bits per heavy atom. The largest absolute Gasteiger partial charge is 0.497 e. The van der Waals surface area contributed by atoms with Gasteiger partial charge in [-0.1, -0.05) is 19.1 Å². The van der Waals surface area contributed by atoms with Crippen molar-refractivity contribution in [1.82, 2.24) is 5.32 Å². The summed E-state index contributed by atoms with van der Waals surface area (Å²) >= 11 is 0. The van der Waals surface area contributed by atoms with Crippen LogP contribution in [-0.2, 0) is 15.6 Å². The lowest BCUT2D eigenvalue weighted by atomic mass is 10.1. The Morgan fingerprint density at radius 3 is 2.52 bits per heavy atom. The first kappa shape index (κ1) is 18.3. The van der Waals surface area contributed by atoms with Crippen LogP contribution in [0.2, 0.25) is 0 Å². The molecule has 0 amide bonds. The molecule has 0 fully saturated rings. The van der Waals surface area contributed by atoms with Crippen LogP contribution in [0.3, 0.4) is 0 Å². The van der Waals surface area contributed by atoms with Crippen molar-refractivity contribution in [3.63, 3.8) is 0 Å². The number of methoxy groups -OCH3 is 1. The minimum atomic E-state index is -3.95. The van der Waals surface area contributed by atoms with E-state index in [0.29, 0.717) is 17.3 Å². The lowest BCUT2D eigenvalue weighted by molar-refractivity contribution is 0.414. The topological polar surface area (TPSA) is 75.6 Å². The van der Waals surface area contributed by atoms with Crippen molar-refractivity contribution in [3.05, 3.63) is 29.8 Å². The summed E-state index contributed by atoms with van der Waals surface area (Å²) in [6.45, 7) is 3.17. The van der Waals surface area contributed by atoms with Gasteiger partial charge in [-0.05, 0) is 43.5 Å². The van der Waals surface area contributed by atoms with Gasteiger partial charge in [-0.15, -0.1) is 0 Å². The van der Waals surface area contributed by atoms with Gasteiger partial charge in [-0.3, -0.25) is 4.55 Å². The molecule has 0 aliphatic rings. The zero-order valence-corrected chi connectivity index (χ0v) is 14.0. The Kier molecular flexibility index (Phi) is 8.10. The van der Waals surface area contributed by atoms with Crippen LogP contribution in [0.15, 0.2) is 24.3 Å². The fourth-order valence-electron chi connectivity index (χ4n) is 1.92. The van der Waals surface area contributed by atoms with Crippen LogP contribution < -0.4 is 10.1 Å². The Labute approximate surface area is 130 Å². The summed E-state index contributed by atoms with van der Waals surface area (Å²) in [5.74, 6) is 0.866. The number of hydrogen-bond acceptors (Lipinski definition) is 5. The molecular weight excluding hydrogens is 310 g/mol. The van der Waals surface area contributed by atoms with E-state index < -0.39 is 9.15 Å². The van der Waals surface area contributed by atoms with E-state index in [2.05, 4.69) is 17.4 Å². The number of nitrogens with one attached hydrogen (secondary N) is 1. The standard InChI is InChI=1S/C14H23NO4S2/c1-12(20-21(16,17)18)11-15-10-4-3-5-13-6-8-14(19-2)9-7-13/h6-9,12,15H,3-5,10-11H2,1-2H3,(H,16,17,18). The van der Waals surface area contributed by atoms with Gasteiger partial charge in [-0.25, -0.2) is 0 Å². The highest BCUT2D eigenvalue weighted by Gasteiger charge is 2.12. The fraction of sp³-hybridized carbons (Fsp3) is 0.571. The zero-order valence-electron chi connectivity index (χ0n) is 12.4. The second-order valence-corrected chi connectivity index (χ2v) is 8.54. The Bertz CT molecular complexity index is 502. The van der Waals surface area contributed by atoms with Crippen molar-refractivity contribution < 1.29 is 17.7 Å². The van der Waals surface area contributed by atoms with Crippen LogP contribution in [0.5, 0.6) is 5.75 Å². The Morgan fingerprint density at radius 2 is 1.95 bits per heavy atom. The summed E-state index contributed by atoms with van der Waals surface area (Å²) in [5.41, 5.74) is 1.28. The van der Waals surface area contributed by atoms with Crippen molar-refractivity contribution >= 4 is 19.9 Å². The molecule has 1 aromatic carbocycles. The molecule has 5 nitrogen and oxygen atoms in total. The summed E-state index contributed by atoms with van der Waals surface area (Å²) in [7, 11) is -1.72. The summed E-state index contributed by atoms with van der Waals surface area (Å²) in [6, 6.07) is 8.05. The highest BCUT2D eigenvalue weighted by molar-refractivity contribution is 8.70. The lowest BCUT2D eigenvalue weighted by Gasteiger charge is -2.10. The van der Waals surface area contributed by atoms with Crippen LogP contribution >= 0.6 is 10.8 Å². The molecule has 0 saturated heterocycles. The first-order chi connectivity index (χ1) is 9.90. The quantitative estimate of drug-likeness (QED) is 0.389. The SMILES string of the molecule is COc1ccc(CCCCNCC(C)SS(=O)(=O)O)cc1. The number of unbranched alkanes of at least 4 members (excludes halogenated alkanes) is 1. The molecule has 0 aliphatic heterocycles. The maximum absolute atomic E-state index is 10.7. The minimum absolute atomic E-state index is 0.165. The molecule has 120 valence electrons. The summed E-state index contributed by atoms with van der Waals surface area (Å²) in [5, 5.41) is 3.03. The minimum Gasteiger partial charge on any atom is -0.497 e. The summed E-state index contributed by atoms with van der Waals surface area (Å²) < 4.78 is 35.1. The highest BCUT2D eigenvalue weighted by Crippen LogP contribution is 2.16. The van der Waals surface area contributed by atoms with Gasteiger partial charge >= 0.3 is 9.15 Å². The van der Waals surface area contributed by atoms with E-state index in [4.69, 9.17) is 9.29 Å². The van der Waals surface area contributed by atoms with Crippen LogP contribution in [0.1, 0.15) is 25.3 Å². The predicted octanol–water partition coefficient (Wildman–Crippen LogP) is 2.53. The van der Waals surface area contributed by atoms with Gasteiger partial charge in [0.2, 0.25) is 0 Å². The van der Waals surface area contributed by atoms with Gasteiger partial charge in [0.1, 0.15) is 5.75 Å². The van der Waals surface area contributed by atoms with Gasteiger partial charge in [0.25, 0.3) is 0 Å². The van der Waals surface area contributed by atoms with Gasteiger partial charge in [0.15, 0.2) is 0 Å². The number of rotatable bonds is 10. The van der Waals surface area contributed by atoms with Gasteiger partial charge in [0.05, 0.1) is 7.11 Å². The average Bonchev–Trinajstić information content (AvgIpc) is 2.41. The van der Waals surface area contributed by atoms with E-state index in [1.54, 1.807) is 14.0 Å². The van der Waals surface area contributed by atoms with E-state index in [1.165, 1.54) is 5.56 Å². The smallest absolute Gasteiger partial charge is 0.320 e. The molecule has 1 aromatic rings. The van der Waals surface area contributed by atoms with E-state index >= 15 is 0 Å². The molecule has 21 heavy (non-hydrogen) atoms. The van der Waals surface area contributed by atoms with Crippen LogP contribution in [0, 0.1) is 0 Å². The zero-order chi connectivity index (χ0) is 15.7. The fourth-order valence-corrected chi connectivity index (χ4v) is 3.97. The maximum Gasteiger partial charge on any atom is 0.320 e. The van der Waals surface area contributed by atoms with Crippen LogP contribution in [-0.4, -0.2) is 38.4 Å². The normalized spacial score (nSPS) is 13.1. The van der Waals surface area contributed by atoms with E-state index in [1.807, 2.05) is 12.1 Å². The lowest BCUT2D eigenvalue weighted by Crippen LogP contribution is -2.24. The van der Waals surface area contributed by atoms with E-state index in [-0.39, 0.29) is 5.25 Å². The molecule has 1 unspecified atom stereocenters. The van der Waals surface area contributed by atoms with Crippen LogP contribution in [0.25, 0.3) is 0 Å². The molecule has 0 aromatic heterocycles. The predicted molar refractivity (Wildman–Crippen MR) is 87.4 cm³/mol. The number of aryl methyl sites for hydroxylation is 1. The van der Waals surface area contributed by atoms with Crippen molar-refractivity contribution in [2.24, 2.45) is 0 Å². The second kappa shape index (κ2) is 9.30. The van der Waals surface area contributed by atoms with Crippen molar-refractivity contribution in [2.45, 2.75) is 31.4 Å². The molecule has 0 heterocycles. The average molecular weight is 333 g/mol. The van der Waals surface area contributed by atoms with Crippen molar-refractivity contribution in [2.75, 3.05) is 20.2 Å². The molecular formula is C14H23NO4S2. The Hall–Kier alpha value is -0.760. The first-order valence-corrected chi connectivity index (χ1v) is 9.73. The number of hydrogen-bond donors (Lipinski definition) is 2. The molecule has 2 N–H and O–H groups in total. The first-order valence-electron chi connectivity index (χ1n) is 6.90. The monoisotopic (exact) mass is 333 g/mol. The second-order valence-electron chi connectivity index (χ2n) is 4.84. The molecule has 0 spiro atoms. The Balaban J connectivity index is 2.09. The molecule has 0 aliphatic carbocycles.